The minimum absolute atomic E-state index is 0.125. The van der Waals surface area contributed by atoms with E-state index in [2.05, 4.69) is 35.1 Å². The van der Waals surface area contributed by atoms with E-state index < -0.39 is 0 Å². The Labute approximate surface area is 174 Å². The molecule has 3 aromatic carbocycles. The molecule has 0 aliphatic rings. The number of likely N-dealkylation sites (N-methyl/N-ethyl adjacent to an activating group) is 1. The van der Waals surface area contributed by atoms with Gasteiger partial charge in [0.15, 0.2) is 0 Å². The summed E-state index contributed by atoms with van der Waals surface area (Å²) >= 11 is 0. The van der Waals surface area contributed by atoms with Crippen LogP contribution in [0.4, 0.5) is 0 Å². The van der Waals surface area contributed by atoms with Crippen LogP contribution in [0.25, 0.3) is 43.9 Å². The lowest BCUT2D eigenvalue weighted by atomic mass is 10.1. The van der Waals surface area contributed by atoms with Crippen molar-refractivity contribution in [2.45, 2.75) is 0 Å². The molecule has 5 rings (SSSR count). The molecule has 0 fully saturated rings. The number of carbonyl (C=O) groups is 1. The van der Waals surface area contributed by atoms with Gasteiger partial charge in [0.2, 0.25) is 0 Å². The molecule has 1 amide bonds. The minimum atomic E-state index is -0.125. The molecule has 1 N–H and O–H groups in total. The zero-order valence-corrected chi connectivity index (χ0v) is 17.3. The van der Waals surface area contributed by atoms with E-state index in [4.69, 9.17) is 9.97 Å². The van der Waals surface area contributed by atoms with Gasteiger partial charge in [0, 0.05) is 36.4 Å². The van der Waals surface area contributed by atoms with Crippen LogP contribution in [0.5, 0.6) is 0 Å². The highest BCUT2D eigenvalue weighted by atomic mass is 16.1. The topological polar surface area (TPSA) is 63.1 Å². The van der Waals surface area contributed by atoms with Crippen LogP contribution in [0.1, 0.15) is 10.4 Å². The van der Waals surface area contributed by atoms with Gasteiger partial charge in [-0.25, -0.2) is 9.97 Å². The quantitative estimate of drug-likeness (QED) is 0.470. The molecule has 0 radical (unpaired) electrons. The van der Waals surface area contributed by atoms with Crippen LogP contribution < -0.4 is 5.32 Å². The normalized spacial score (nSPS) is 11.9. The number of hydrogen-bond acceptors (Lipinski definition) is 4. The molecular weight excluding hydrogens is 374 g/mol. The van der Waals surface area contributed by atoms with E-state index in [0.29, 0.717) is 17.6 Å². The molecule has 0 spiro atoms. The number of nitrogens with zero attached hydrogens (tertiary/aromatic N) is 4. The Hall–Kier alpha value is -3.51. The number of fused-ring (bicyclic) bond motifs is 6. The molecule has 6 nitrogen and oxygen atoms in total. The molecule has 0 bridgehead atoms. The van der Waals surface area contributed by atoms with Gasteiger partial charge in [0.1, 0.15) is 11.0 Å². The number of nitrogens with one attached hydrogen (secondary N) is 1. The van der Waals surface area contributed by atoms with Crippen LogP contribution in [-0.4, -0.2) is 52.5 Å². The molecule has 0 saturated heterocycles. The van der Waals surface area contributed by atoms with Crippen molar-refractivity contribution >= 4 is 49.8 Å². The second kappa shape index (κ2) is 7.07. The number of para-hydroxylation sites is 2. The number of hydrogen-bond donors (Lipinski definition) is 1. The van der Waals surface area contributed by atoms with Crippen LogP contribution in [0.3, 0.4) is 0 Å². The average Bonchev–Trinajstić information content (AvgIpc) is 3.04. The minimum Gasteiger partial charge on any atom is -0.351 e. The van der Waals surface area contributed by atoms with Crippen molar-refractivity contribution in [2.75, 3.05) is 27.2 Å². The number of carbonyl (C=O) groups excluding carboxylic acids is 1. The summed E-state index contributed by atoms with van der Waals surface area (Å²) in [4.78, 5) is 24.7. The highest BCUT2D eigenvalue weighted by Gasteiger charge is 2.16. The molecule has 2 aromatic heterocycles. The van der Waals surface area contributed by atoms with Gasteiger partial charge in [-0.1, -0.05) is 24.3 Å². The molecule has 0 aliphatic carbocycles. The Morgan fingerprint density at radius 1 is 0.933 bits per heavy atom. The van der Waals surface area contributed by atoms with Gasteiger partial charge in [0.05, 0.1) is 22.1 Å². The monoisotopic (exact) mass is 397 g/mol. The van der Waals surface area contributed by atoms with Crippen molar-refractivity contribution in [3.63, 3.8) is 0 Å². The number of aryl methyl sites for hydroxylation is 1. The number of benzene rings is 3. The van der Waals surface area contributed by atoms with Crippen molar-refractivity contribution in [3.05, 3.63) is 60.2 Å². The van der Waals surface area contributed by atoms with Crippen LogP contribution in [-0.2, 0) is 7.05 Å². The van der Waals surface area contributed by atoms with Gasteiger partial charge in [-0.15, -0.1) is 0 Å². The molecule has 0 saturated carbocycles. The molecular formula is C24H23N5O. The summed E-state index contributed by atoms with van der Waals surface area (Å²) in [5.41, 5.74) is 5.73. The molecule has 0 atom stereocenters. The largest absolute Gasteiger partial charge is 0.351 e. The summed E-state index contributed by atoms with van der Waals surface area (Å²) in [5.74, 6) is -0.125. The maximum atomic E-state index is 12.8. The van der Waals surface area contributed by atoms with E-state index in [9.17, 15) is 4.79 Å². The lowest BCUT2D eigenvalue weighted by molar-refractivity contribution is 0.0952. The summed E-state index contributed by atoms with van der Waals surface area (Å²) in [6.45, 7) is 1.36. The molecule has 6 heteroatoms. The Bertz CT molecular complexity index is 1430. The zero-order chi connectivity index (χ0) is 20.8. The van der Waals surface area contributed by atoms with E-state index in [1.54, 1.807) is 0 Å². The molecule has 0 unspecified atom stereocenters. The first-order valence-electron chi connectivity index (χ1n) is 10.0. The van der Waals surface area contributed by atoms with E-state index >= 15 is 0 Å². The van der Waals surface area contributed by atoms with Gasteiger partial charge in [-0.2, -0.15) is 0 Å². The second-order valence-electron chi connectivity index (χ2n) is 7.86. The molecule has 0 aliphatic heterocycles. The first-order valence-corrected chi connectivity index (χ1v) is 10.0. The third-order valence-corrected chi connectivity index (χ3v) is 5.59. The van der Waals surface area contributed by atoms with E-state index in [0.717, 1.165) is 39.5 Å². The molecule has 5 aromatic rings. The smallest absolute Gasteiger partial charge is 0.253 e. The van der Waals surface area contributed by atoms with Crippen LogP contribution in [0, 0.1) is 0 Å². The third-order valence-electron chi connectivity index (χ3n) is 5.59. The fourth-order valence-corrected chi connectivity index (χ4v) is 4.09. The van der Waals surface area contributed by atoms with Crippen molar-refractivity contribution in [3.8, 4) is 0 Å². The van der Waals surface area contributed by atoms with Gasteiger partial charge < -0.3 is 14.8 Å². The van der Waals surface area contributed by atoms with Crippen molar-refractivity contribution < 1.29 is 4.79 Å². The summed E-state index contributed by atoms with van der Waals surface area (Å²) in [6, 6.07) is 18.0. The van der Waals surface area contributed by atoms with Crippen molar-refractivity contribution in [1.29, 1.82) is 0 Å². The standard InChI is InChI=1S/C24H23N5O/c1-28(2)14-13-25-24(30)17-8-6-9-18-21(17)27-22-19(26-18)12-11-16-15-7-4-5-10-20(15)29(3)23(16)22/h4-12H,13-14H2,1-3H3,(H,25,30). The Morgan fingerprint density at radius 3 is 2.57 bits per heavy atom. The Balaban J connectivity index is 1.74. The summed E-state index contributed by atoms with van der Waals surface area (Å²) < 4.78 is 2.16. The highest BCUT2D eigenvalue weighted by Crippen LogP contribution is 2.33. The Morgan fingerprint density at radius 2 is 1.73 bits per heavy atom. The summed E-state index contributed by atoms with van der Waals surface area (Å²) in [5, 5.41) is 5.32. The first kappa shape index (κ1) is 18.5. The van der Waals surface area contributed by atoms with Crippen molar-refractivity contribution in [2.24, 2.45) is 7.05 Å². The van der Waals surface area contributed by atoms with E-state index in [-0.39, 0.29) is 5.91 Å². The lowest BCUT2D eigenvalue weighted by Gasteiger charge is -2.11. The van der Waals surface area contributed by atoms with Gasteiger partial charge >= 0.3 is 0 Å². The van der Waals surface area contributed by atoms with Crippen LogP contribution in [0.15, 0.2) is 54.6 Å². The number of rotatable bonds is 4. The van der Waals surface area contributed by atoms with Crippen LogP contribution >= 0.6 is 0 Å². The maximum absolute atomic E-state index is 12.8. The van der Waals surface area contributed by atoms with Crippen molar-refractivity contribution in [1.82, 2.24) is 24.8 Å². The van der Waals surface area contributed by atoms with Gasteiger partial charge in [-0.3, -0.25) is 4.79 Å². The summed E-state index contributed by atoms with van der Waals surface area (Å²) in [6.07, 6.45) is 0. The fourth-order valence-electron chi connectivity index (χ4n) is 4.09. The summed E-state index contributed by atoms with van der Waals surface area (Å²) in [7, 11) is 6.02. The third kappa shape index (κ3) is 2.88. The van der Waals surface area contributed by atoms with Gasteiger partial charge in [-0.05, 0) is 44.4 Å². The second-order valence-corrected chi connectivity index (χ2v) is 7.86. The Kier molecular flexibility index (Phi) is 4.37. The molecule has 2 heterocycles. The van der Waals surface area contributed by atoms with Gasteiger partial charge in [0.25, 0.3) is 5.91 Å². The maximum Gasteiger partial charge on any atom is 0.253 e. The fraction of sp³-hybridized carbons (Fsp3) is 0.208. The number of amides is 1. The lowest BCUT2D eigenvalue weighted by Crippen LogP contribution is -2.31. The molecule has 150 valence electrons. The van der Waals surface area contributed by atoms with Crippen LogP contribution in [0.2, 0.25) is 0 Å². The van der Waals surface area contributed by atoms with E-state index in [1.165, 1.54) is 5.39 Å². The number of aromatic nitrogens is 3. The predicted octanol–water partition coefficient (Wildman–Crippen LogP) is 3.72. The first-order chi connectivity index (χ1) is 14.5. The predicted molar refractivity (Wildman–Crippen MR) is 122 cm³/mol. The van der Waals surface area contributed by atoms with E-state index in [1.807, 2.05) is 55.4 Å². The molecule has 30 heavy (non-hydrogen) atoms. The zero-order valence-electron chi connectivity index (χ0n) is 17.3. The highest BCUT2D eigenvalue weighted by molar-refractivity contribution is 6.17. The SMILES string of the molecule is CN(C)CCNC(=O)c1cccc2nc3ccc4c5ccccc5n(C)c4c3nc12. The average molecular weight is 397 g/mol.